The highest BCUT2D eigenvalue weighted by atomic mass is 19.1. The molecule has 0 heterocycles. The summed E-state index contributed by atoms with van der Waals surface area (Å²) in [4.78, 5) is 21.2. The van der Waals surface area contributed by atoms with Crippen molar-refractivity contribution >= 4 is 11.7 Å². The normalized spacial score (nSPS) is 9.69. The van der Waals surface area contributed by atoms with Gasteiger partial charge < -0.3 is 5.11 Å². The lowest BCUT2D eigenvalue weighted by Crippen LogP contribution is -2.03. The fourth-order valence-electron chi connectivity index (χ4n) is 0.928. The smallest absolute Gasteiger partial charge is 0.338 e. The standard InChI is InChI=1S/C8H6FNO3/c1-10(13)6-4-2-3-5(7(6)9)8(11)12/h2-4H,1H3/p+1. The number of nitroso groups, excluding NO2 is 1. The molecule has 0 aliphatic heterocycles. The minimum atomic E-state index is -1.39. The van der Waals surface area contributed by atoms with Crippen LogP contribution in [0.4, 0.5) is 10.1 Å². The first-order valence-electron chi connectivity index (χ1n) is 3.46. The van der Waals surface area contributed by atoms with Gasteiger partial charge in [0.15, 0.2) is 7.05 Å². The maximum Gasteiger partial charge on any atom is 0.338 e. The molecule has 13 heavy (non-hydrogen) atoms. The molecule has 0 atom stereocenters. The van der Waals surface area contributed by atoms with Gasteiger partial charge in [0.1, 0.15) is 5.56 Å². The highest BCUT2D eigenvalue weighted by Crippen LogP contribution is 2.19. The molecule has 0 saturated heterocycles. The van der Waals surface area contributed by atoms with Crippen LogP contribution in [0, 0.1) is 10.7 Å². The van der Waals surface area contributed by atoms with Crippen molar-refractivity contribution in [1.29, 1.82) is 0 Å². The van der Waals surface area contributed by atoms with Crippen molar-refractivity contribution in [3.63, 3.8) is 0 Å². The third-order valence-electron chi connectivity index (χ3n) is 1.55. The molecule has 0 spiro atoms. The minimum absolute atomic E-state index is 0.278. The van der Waals surface area contributed by atoms with Crippen molar-refractivity contribution < 1.29 is 19.1 Å². The summed E-state index contributed by atoms with van der Waals surface area (Å²) in [7, 11) is 1.10. The molecule has 0 saturated carbocycles. The van der Waals surface area contributed by atoms with E-state index in [9.17, 15) is 14.1 Å². The Balaban J connectivity index is 3.35. The maximum absolute atomic E-state index is 13.2. The molecule has 0 fully saturated rings. The van der Waals surface area contributed by atoms with Gasteiger partial charge in [0.05, 0.1) is 0 Å². The van der Waals surface area contributed by atoms with Crippen molar-refractivity contribution in [1.82, 2.24) is 0 Å². The van der Waals surface area contributed by atoms with Gasteiger partial charge in [-0.25, -0.2) is 4.79 Å². The van der Waals surface area contributed by atoms with E-state index in [1.165, 1.54) is 12.1 Å². The summed E-state index contributed by atoms with van der Waals surface area (Å²) < 4.78 is 13.4. The Hall–Kier alpha value is -1.78. The van der Waals surface area contributed by atoms with Gasteiger partial charge in [-0.3, -0.25) is 0 Å². The zero-order valence-electron chi connectivity index (χ0n) is 6.82. The van der Waals surface area contributed by atoms with Crippen LogP contribution in [0.25, 0.3) is 0 Å². The van der Waals surface area contributed by atoms with Crippen LogP contribution in [0.2, 0.25) is 0 Å². The lowest BCUT2D eigenvalue weighted by atomic mass is 10.2. The van der Waals surface area contributed by atoms with Crippen LogP contribution in [0.3, 0.4) is 0 Å². The van der Waals surface area contributed by atoms with Crippen LogP contribution in [-0.2, 0) is 0 Å². The molecule has 1 aromatic carbocycles. The van der Waals surface area contributed by atoms with E-state index < -0.39 is 17.3 Å². The topological polar surface area (TPSA) is 57.4 Å². The Kier molecular flexibility index (Phi) is 2.36. The van der Waals surface area contributed by atoms with Crippen LogP contribution < -0.4 is 0 Å². The summed E-state index contributed by atoms with van der Waals surface area (Å²) in [6.45, 7) is 0. The van der Waals surface area contributed by atoms with Gasteiger partial charge in [0.25, 0.3) is 5.69 Å². The molecule has 0 aliphatic carbocycles. The first-order valence-corrected chi connectivity index (χ1v) is 3.46. The van der Waals surface area contributed by atoms with Crippen molar-refractivity contribution in [3.8, 4) is 0 Å². The molecular weight excluding hydrogens is 177 g/mol. The predicted octanol–water partition coefficient (Wildman–Crippen LogP) is 1.56. The quantitative estimate of drug-likeness (QED) is 0.709. The second kappa shape index (κ2) is 3.30. The minimum Gasteiger partial charge on any atom is -0.478 e. The molecule has 0 amide bonds. The number of nitrogens with zero attached hydrogens (tertiary/aromatic N) is 1. The summed E-state index contributed by atoms with van der Waals surface area (Å²) in [6, 6.07) is 3.63. The summed E-state index contributed by atoms with van der Waals surface area (Å²) in [6.07, 6.45) is 0. The second-order valence-electron chi connectivity index (χ2n) is 2.44. The Morgan fingerprint density at radius 1 is 1.54 bits per heavy atom. The lowest BCUT2D eigenvalue weighted by molar-refractivity contribution is -0.430. The summed E-state index contributed by atoms with van der Waals surface area (Å²) in [5.41, 5.74) is -0.778. The van der Waals surface area contributed by atoms with E-state index in [1.807, 2.05) is 0 Å². The number of hydrogen-bond donors (Lipinski definition) is 1. The number of carboxylic acid groups (broad SMARTS) is 1. The molecule has 1 N–H and O–H groups in total. The highest BCUT2D eigenvalue weighted by Gasteiger charge is 2.21. The van der Waals surface area contributed by atoms with Gasteiger partial charge in [-0.1, -0.05) is 6.07 Å². The average Bonchev–Trinajstić information content (AvgIpc) is 2.03. The molecule has 4 nitrogen and oxygen atoms in total. The van der Waals surface area contributed by atoms with Gasteiger partial charge in [0.2, 0.25) is 5.82 Å². The molecule has 68 valence electrons. The monoisotopic (exact) mass is 184 g/mol. The van der Waals surface area contributed by atoms with Crippen LogP contribution in [0.1, 0.15) is 10.4 Å². The third-order valence-corrected chi connectivity index (χ3v) is 1.55. The maximum atomic E-state index is 13.2. The van der Waals surface area contributed by atoms with Crippen LogP contribution in [0.5, 0.6) is 0 Å². The zero-order valence-corrected chi connectivity index (χ0v) is 6.82. The van der Waals surface area contributed by atoms with Gasteiger partial charge in [-0.15, -0.1) is 0 Å². The Bertz CT molecular complexity index is 343. The molecular formula is C8H7FNO3+. The molecule has 1 rings (SSSR count). The van der Waals surface area contributed by atoms with E-state index in [4.69, 9.17) is 5.11 Å². The second-order valence-corrected chi connectivity index (χ2v) is 2.44. The Morgan fingerprint density at radius 3 is 2.62 bits per heavy atom. The largest absolute Gasteiger partial charge is 0.478 e. The van der Waals surface area contributed by atoms with E-state index in [2.05, 4.69) is 0 Å². The first-order chi connectivity index (χ1) is 6.04. The fraction of sp³-hybridized carbons (Fsp3) is 0.125. The molecule has 0 bridgehead atoms. The van der Waals surface area contributed by atoms with E-state index in [0.717, 1.165) is 13.1 Å². The number of carbonyl (C=O) groups is 1. The van der Waals surface area contributed by atoms with E-state index in [-0.39, 0.29) is 10.4 Å². The molecule has 0 unspecified atom stereocenters. The first kappa shape index (κ1) is 9.31. The van der Waals surface area contributed by atoms with Crippen LogP contribution >= 0.6 is 0 Å². The number of hydrogen-bond acceptors (Lipinski definition) is 2. The molecule has 0 radical (unpaired) electrons. The van der Waals surface area contributed by atoms with Gasteiger partial charge in [0, 0.05) is 15.7 Å². The van der Waals surface area contributed by atoms with Crippen molar-refractivity contribution in [2.24, 2.45) is 0 Å². The zero-order chi connectivity index (χ0) is 10.0. The van der Waals surface area contributed by atoms with Crippen molar-refractivity contribution in [2.75, 3.05) is 7.05 Å². The van der Waals surface area contributed by atoms with Crippen molar-refractivity contribution in [2.45, 2.75) is 0 Å². The fourth-order valence-corrected chi connectivity index (χ4v) is 0.928. The van der Waals surface area contributed by atoms with Crippen LogP contribution in [-0.4, -0.2) is 22.9 Å². The summed E-state index contributed by atoms with van der Waals surface area (Å²) in [5.74, 6) is -2.39. The summed E-state index contributed by atoms with van der Waals surface area (Å²) >= 11 is 0. The summed E-state index contributed by atoms with van der Waals surface area (Å²) in [5, 5.41) is 8.51. The molecule has 0 aliphatic rings. The van der Waals surface area contributed by atoms with Crippen molar-refractivity contribution in [3.05, 3.63) is 34.5 Å². The van der Waals surface area contributed by atoms with Gasteiger partial charge in [-0.2, -0.15) is 4.39 Å². The molecule has 5 heteroatoms. The van der Waals surface area contributed by atoms with Crippen LogP contribution in [0.15, 0.2) is 18.2 Å². The number of carboxylic acids is 1. The van der Waals surface area contributed by atoms with E-state index in [0.29, 0.717) is 0 Å². The van der Waals surface area contributed by atoms with E-state index in [1.54, 1.807) is 0 Å². The van der Waals surface area contributed by atoms with Gasteiger partial charge >= 0.3 is 5.97 Å². The lowest BCUT2D eigenvalue weighted by Gasteiger charge is -1.95. The highest BCUT2D eigenvalue weighted by molar-refractivity contribution is 5.88. The Labute approximate surface area is 73.2 Å². The number of rotatable bonds is 2. The number of aromatic carboxylic acids is 1. The van der Waals surface area contributed by atoms with Gasteiger partial charge in [-0.05, 0) is 6.07 Å². The van der Waals surface area contributed by atoms with E-state index >= 15 is 0 Å². The molecule has 0 aromatic heterocycles. The number of halogens is 1. The third kappa shape index (κ3) is 1.69. The average molecular weight is 184 g/mol. The predicted molar refractivity (Wildman–Crippen MR) is 42.6 cm³/mol. The Morgan fingerprint density at radius 2 is 2.15 bits per heavy atom. The number of benzene rings is 1. The molecule has 1 aromatic rings. The SMILES string of the molecule is C[N+](=O)c1cccc(C(=O)O)c1F.